The highest BCUT2D eigenvalue weighted by atomic mass is 16.6. The summed E-state index contributed by atoms with van der Waals surface area (Å²) < 4.78 is 6.47. The van der Waals surface area contributed by atoms with Crippen molar-refractivity contribution in [2.45, 2.75) is 26.8 Å². The molecule has 1 aromatic carbocycles. The molecule has 1 amide bonds. The Kier molecular flexibility index (Phi) is 4.63. The first-order valence-electron chi connectivity index (χ1n) is 7.00. The van der Waals surface area contributed by atoms with Crippen molar-refractivity contribution in [3.8, 4) is 5.75 Å². The predicted octanol–water partition coefficient (Wildman–Crippen LogP) is 2.62. The van der Waals surface area contributed by atoms with Gasteiger partial charge in [-0.2, -0.15) is 5.10 Å². The summed E-state index contributed by atoms with van der Waals surface area (Å²) in [6, 6.07) is 6.26. The van der Waals surface area contributed by atoms with Gasteiger partial charge in [-0.25, -0.2) is 0 Å². The molecule has 8 nitrogen and oxygen atoms in total. The fraction of sp³-hybridized carbons (Fsp3) is 0.333. The number of rotatable bonds is 5. The summed E-state index contributed by atoms with van der Waals surface area (Å²) in [5.74, 6) is 0.302. The van der Waals surface area contributed by atoms with Crippen LogP contribution in [0.1, 0.15) is 24.4 Å². The van der Waals surface area contributed by atoms with E-state index in [2.05, 4.69) is 10.4 Å². The Morgan fingerprint density at radius 3 is 2.70 bits per heavy atom. The van der Waals surface area contributed by atoms with Crippen molar-refractivity contribution in [1.29, 1.82) is 0 Å². The van der Waals surface area contributed by atoms with E-state index in [0.717, 1.165) is 0 Å². The second-order valence-electron chi connectivity index (χ2n) is 5.12. The summed E-state index contributed by atoms with van der Waals surface area (Å²) in [5.41, 5.74) is 1.15. The molecule has 0 aliphatic rings. The van der Waals surface area contributed by atoms with Crippen LogP contribution in [0, 0.1) is 24.0 Å². The molecule has 1 unspecified atom stereocenters. The molecule has 0 saturated carbocycles. The van der Waals surface area contributed by atoms with Crippen molar-refractivity contribution >= 4 is 17.3 Å². The number of nitrogens with zero attached hydrogens (tertiary/aromatic N) is 3. The smallest absolute Gasteiger partial charge is 0.312 e. The van der Waals surface area contributed by atoms with E-state index in [1.54, 1.807) is 52.1 Å². The summed E-state index contributed by atoms with van der Waals surface area (Å²) in [7, 11) is 1.54. The zero-order chi connectivity index (χ0) is 17.1. The van der Waals surface area contributed by atoms with E-state index in [9.17, 15) is 14.9 Å². The minimum absolute atomic E-state index is 0.0639. The second-order valence-corrected chi connectivity index (χ2v) is 5.12. The molecule has 2 rings (SSSR count). The highest BCUT2D eigenvalue weighted by Gasteiger charge is 2.27. The molecule has 2 aromatic rings. The minimum Gasteiger partial charge on any atom is -0.497 e. The van der Waals surface area contributed by atoms with Gasteiger partial charge in [0.2, 0.25) is 5.91 Å². The third-order valence-electron chi connectivity index (χ3n) is 3.55. The third-order valence-corrected chi connectivity index (χ3v) is 3.55. The van der Waals surface area contributed by atoms with Crippen molar-refractivity contribution < 1.29 is 14.5 Å². The Morgan fingerprint density at radius 2 is 2.13 bits per heavy atom. The zero-order valence-electron chi connectivity index (χ0n) is 13.4. The van der Waals surface area contributed by atoms with Gasteiger partial charge in [0.05, 0.1) is 12.0 Å². The van der Waals surface area contributed by atoms with Crippen molar-refractivity contribution in [3.63, 3.8) is 0 Å². The SMILES string of the molecule is COc1cccc(NC(=O)C(C)n2nc(C)c([N+](=O)[O-])c2C)c1. The first-order chi connectivity index (χ1) is 10.8. The highest BCUT2D eigenvalue weighted by molar-refractivity contribution is 5.93. The molecule has 1 atom stereocenters. The van der Waals surface area contributed by atoms with Crippen molar-refractivity contribution in [1.82, 2.24) is 9.78 Å². The Morgan fingerprint density at radius 1 is 1.43 bits per heavy atom. The Hall–Kier alpha value is -2.90. The number of nitro groups is 1. The van der Waals surface area contributed by atoms with Crippen LogP contribution in [0.25, 0.3) is 0 Å². The third kappa shape index (κ3) is 3.31. The molecule has 1 heterocycles. The molecule has 0 bridgehead atoms. The topological polar surface area (TPSA) is 99.3 Å². The van der Waals surface area contributed by atoms with E-state index in [1.165, 1.54) is 4.68 Å². The maximum Gasteiger partial charge on any atom is 0.312 e. The van der Waals surface area contributed by atoms with Crippen LogP contribution in [0.4, 0.5) is 11.4 Å². The van der Waals surface area contributed by atoms with Gasteiger partial charge in [0.15, 0.2) is 0 Å². The van der Waals surface area contributed by atoms with Gasteiger partial charge in [0, 0.05) is 11.8 Å². The van der Waals surface area contributed by atoms with Gasteiger partial charge in [-0.3, -0.25) is 19.6 Å². The van der Waals surface area contributed by atoms with Gasteiger partial charge in [-0.05, 0) is 32.9 Å². The number of aromatic nitrogens is 2. The lowest BCUT2D eigenvalue weighted by molar-refractivity contribution is -0.386. The molecule has 8 heteroatoms. The average Bonchev–Trinajstić information content (AvgIpc) is 2.81. The summed E-state index contributed by atoms with van der Waals surface area (Å²) in [6.45, 7) is 4.76. The Balaban J connectivity index is 2.23. The number of benzene rings is 1. The number of carbonyl (C=O) groups excluding carboxylic acids is 1. The summed E-state index contributed by atoms with van der Waals surface area (Å²) in [5, 5.41) is 17.9. The number of nitrogens with one attached hydrogen (secondary N) is 1. The number of hydrogen-bond donors (Lipinski definition) is 1. The quantitative estimate of drug-likeness (QED) is 0.675. The maximum absolute atomic E-state index is 12.4. The molecule has 0 saturated heterocycles. The molecule has 23 heavy (non-hydrogen) atoms. The highest BCUT2D eigenvalue weighted by Crippen LogP contribution is 2.25. The van der Waals surface area contributed by atoms with Crippen LogP contribution in [-0.2, 0) is 4.79 Å². The lowest BCUT2D eigenvalue weighted by atomic mass is 10.2. The normalized spacial score (nSPS) is 11.8. The van der Waals surface area contributed by atoms with Gasteiger partial charge in [-0.1, -0.05) is 6.07 Å². The van der Waals surface area contributed by atoms with Crippen LogP contribution in [0.15, 0.2) is 24.3 Å². The number of aryl methyl sites for hydroxylation is 1. The molecule has 0 radical (unpaired) electrons. The molecule has 0 fully saturated rings. The zero-order valence-corrected chi connectivity index (χ0v) is 13.4. The van der Waals surface area contributed by atoms with Crippen LogP contribution in [0.3, 0.4) is 0 Å². The second kappa shape index (κ2) is 6.47. The Labute approximate surface area is 133 Å². The molecule has 122 valence electrons. The molecule has 0 spiro atoms. The summed E-state index contributed by atoms with van der Waals surface area (Å²) in [6.07, 6.45) is 0. The van der Waals surface area contributed by atoms with Gasteiger partial charge >= 0.3 is 5.69 Å². The lowest BCUT2D eigenvalue weighted by Crippen LogP contribution is -2.25. The first kappa shape index (κ1) is 16.5. The molecule has 1 N–H and O–H groups in total. The maximum atomic E-state index is 12.4. The summed E-state index contributed by atoms with van der Waals surface area (Å²) >= 11 is 0. The molecular formula is C15H18N4O4. The molecule has 1 aromatic heterocycles. The van der Waals surface area contributed by atoms with Crippen LogP contribution in [-0.4, -0.2) is 27.7 Å². The largest absolute Gasteiger partial charge is 0.497 e. The molecule has 0 aliphatic heterocycles. The van der Waals surface area contributed by atoms with Gasteiger partial charge in [0.1, 0.15) is 23.2 Å². The van der Waals surface area contributed by atoms with Gasteiger partial charge < -0.3 is 10.1 Å². The van der Waals surface area contributed by atoms with Crippen LogP contribution in [0.5, 0.6) is 5.75 Å². The number of methoxy groups -OCH3 is 1. The lowest BCUT2D eigenvalue weighted by Gasteiger charge is -2.14. The van der Waals surface area contributed by atoms with E-state index in [1.807, 2.05) is 0 Å². The van der Waals surface area contributed by atoms with Gasteiger partial charge in [0.25, 0.3) is 0 Å². The number of anilines is 1. The van der Waals surface area contributed by atoms with Crippen LogP contribution < -0.4 is 10.1 Å². The monoisotopic (exact) mass is 318 g/mol. The first-order valence-corrected chi connectivity index (χ1v) is 7.00. The van der Waals surface area contributed by atoms with Gasteiger partial charge in [-0.15, -0.1) is 0 Å². The van der Waals surface area contributed by atoms with E-state index in [4.69, 9.17) is 4.74 Å². The van der Waals surface area contributed by atoms with Crippen molar-refractivity contribution in [2.24, 2.45) is 0 Å². The fourth-order valence-corrected chi connectivity index (χ4v) is 2.35. The van der Waals surface area contributed by atoms with Crippen molar-refractivity contribution in [2.75, 3.05) is 12.4 Å². The van der Waals surface area contributed by atoms with E-state index in [-0.39, 0.29) is 17.3 Å². The summed E-state index contributed by atoms with van der Waals surface area (Å²) in [4.78, 5) is 22.9. The van der Waals surface area contributed by atoms with E-state index in [0.29, 0.717) is 17.1 Å². The fourth-order valence-electron chi connectivity index (χ4n) is 2.35. The van der Waals surface area contributed by atoms with Crippen LogP contribution >= 0.6 is 0 Å². The number of amides is 1. The van der Waals surface area contributed by atoms with E-state index >= 15 is 0 Å². The predicted molar refractivity (Wildman–Crippen MR) is 84.7 cm³/mol. The number of ether oxygens (including phenoxy) is 1. The van der Waals surface area contributed by atoms with E-state index < -0.39 is 11.0 Å². The average molecular weight is 318 g/mol. The standard InChI is InChI=1S/C15H18N4O4/c1-9-14(19(21)22)10(2)18(17-9)11(3)15(20)16-12-6-5-7-13(8-12)23-4/h5-8,11H,1-4H3,(H,16,20). The molecule has 0 aliphatic carbocycles. The Bertz CT molecular complexity index is 754. The molecular weight excluding hydrogens is 300 g/mol. The van der Waals surface area contributed by atoms with Crippen LogP contribution in [0.2, 0.25) is 0 Å². The van der Waals surface area contributed by atoms with Crippen molar-refractivity contribution in [3.05, 3.63) is 45.8 Å². The number of hydrogen-bond acceptors (Lipinski definition) is 5. The number of carbonyl (C=O) groups is 1. The minimum atomic E-state index is -0.686.